The molecule has 0 bridgehead atoms. The Morgan fingerprint density at radius 2 is 1.94 bits per heavy atom. The van der Waals surface area contributed by atoms with Crippen LogP contribution in [0.2, 0.25) is 0 Å². The molecule has 0 amide bonds. The summed E-state index contributed by atoms with van der Waals surface area (Å²) in [6.07, 6.45) is 3.81. The van der Waals surface area contributed by atoms with E-state index in [1.165, 1.54) is 11.3 Å². The third kappa shape index (κ3) is 6.88. The molecule has 3 heterocycles. The maximum atomic E-state index is 13.2. The minimum absolute atomic E-state index is 0.00896. The lowest BCUT2D eigenvalue weighted by Gasteiger charge is -2.34. The Labute approximate surface area is 212 Å². The summed E-state index contributed by atoms with van der Waals surface area (Å²) in [5.74, 6) is -1.55. The molecule has 1 aromatic rings. The van der Waals surface area contributed by atoms with Gasteiger partial charge in [0, 0.05) is 17.7 Å². The summed E-state index contributed by atoms with van der Waals surface area (Å²) in [5.41, 5.74) is 0.403. The SMILES string of the molecule is C=Cc1nc(/C=C(\C)[C@@H]2C[C@@H]3O[C@@H]3CCC[C@H](C)[C@H](O)[C@@H](C)C(=O)C(C)(C)[C@@H](O)CC(=O)O2)cs1. The zero-order valence-electron chi connectivity index (χ0n) is 21.4. The second-order valence-corrected chi connectivity index (χ2v) is 11.5. The molecule has 2 saturated heterocycles. The molecule has 2 fully saturated rings. The quantitative estimate of drug-likeness (QED) is 0.462. The summed E-state index contributed by atoms with van der Waals surface area (Å²) < 4.78 is 11.7. The van der Waals surface area contributed by atoms with Gasteiger partial charge in [-0.05, 0) is 43.4 Å². The second kappa shape index (κ2) is 11.5. The normalized spacial score (nSPS) is 35.2. The van der Waals surface area contributed by atoms with Crippen molar-refractivity contribution in [3.05, 3.63) is 28.2 Å². The van der Waals surface area contributed by atoms with Gasteiger partial charge in [0.25, 0.3) is 0 Å². The summed E-state index contributed by atoms with van der Waals surface area (Å²) in [7, 11) is 0. The minimum Gasteiger partial charge on any atom is -0.458 e. The zero-order valence-corrected chi connectivity index (χ0v) is 22.2. The molecule has 35 heavy (non-hydrogen) atoms. The van der Waals surface area contributed by atoms with Gasteiger partial charge in [0.1, 0.15) is 16.9 Å². The lowest BCUT2D eigenvalue weighted by molar-refractivity contribution is -0.154. The van der Waals surface area contributed by atoms with E-state index < -0.39 is 35.6 Å². The van der Waals surface area contributed by atoms with E-state index in [4.69, 9.17) is 9.47 Å². The van der Waals surface area contributed by atoms with Gasteiger partial charge in [-0.2, -0.15) is 0 Å². The highest BCUT2D eigenvalue weighted by molar-refractivity contribution is 7.10. The second-order valence-electron chi connectivity index (χ2n) is 10.6. The Hall–Kier alpha value is -1.87. The fourth-order valence-electron chi connectivity index (χ4n) is 4.80. The van der Waals surface area contributed by atoms with Crippen molar-refractivity contribution in [2.75, 3.05) is 0 Å². The molecular formula is C27H39NO6S. The highest BCUT2D eigenvalue weighted by atomic mass is 32.1. The molecule has 194 valence electrons. The van der Waals surface area contributed by atoms with Crippen molar-refractivity contribution >= 4 is 35.2 Å². The Kier molecular flexibility index (Phi) is 9.07. The van der Waals surface area contributed by atoms with Crippen LogP contribution in [0.25, 0.3) is 12.2 Å². The van der Waals surface area contributed by atoms with Gasteiger partial charge in [-0.1, -0.05) is 40.7 Å². The van der Waals surface area contributed by atoms with Crippen molar-refractivity contribution in [1.29, 1.82) is 0 Å². The van der Waals surface area contributed by atoms with Gasteiger partial charge in [0.2, 0.25) is 0 Å². The molecule has 2 aliphatic rings. The summed E-state index contributed by atoms with van der Waals surface area (Å²) in [6.45, 7) is 12.5. The number of aromatic nitrogens is 1. The van der Waals surface area contributed by atoms with Crippen LogP contribution < -0.4 is 0 Å². The van der Waals surface area contributed by atoms with Crippen LogP contribution in [0.3, 0.4) is 0 Å². The van der Waals surface area contributed by atoms with Crippen molar-refractivity contribution in [3.8, 4) is 0 Å². The highest BCUT2D eigenvalue weighted by Gasteiger charge is 2.44. The minimum atomic E-state index is -1.23. The Balaban J connectivity index is 1.82. The van der Waals surface area contributed by atoms with Crippen LogP contribution in [-0.4, -0.2) is 57.5 Å². The average molecular weight is 506 g/mol. The maximum absolute atomic E-state index is 13.2. The van der Waals surface area contributed by atoms with E-state index in [2.05, 4.69) is 11.6 Å². The number of nitrogens with zero attached hydrogens (tertiary/aromatic N) is 1. The fourth-order valence-corrected chi connectivity index (χ4v) is 5.41. The number of aliphatic hydroxyl groups excluding tert-OH is 2. The predicted molar refractivity (Wildman–Crippen MR) is 137 cm³/mol. The molecule has 7 nitrogen and oxygen atoms in total. The number of carbonyl (C=O) groups excluding carboxylic acids is 2. The van der Waals surface area contributed by atoms with Crippen LogP contribution in [0.1, 0.15) is 77.4 Å². The van der Waals surface area contributed by atoms with Gasteiger partial charge in [-0.3, -0.25) is 9.59 Å². The number of ketones is 1. The Bertz CT molecular complexity index is 953. The van der Waals surface area contributed by atoms with E-state index in [0.29, 0.717) is 6.42 Å². The van der Waals surface area contributed by atoms with Crippen LogP contribution in [0.15, 0.2) is 17.5 Å². The van der Waals surface area contributed by atoms with Gasteiger partial charge in [0.15, 0.2) is 0 Å². The maximum Gasteiger partial charge on any atom is 0.309 e. The number of hydrogen-bond donors (Lipinski definition) is 2. The van der Waals surface area contributed by atoms with E-state index in [9.17, 15) is 19.8 Å². The molecule has 0 unspecified atom stereocenters. The topological polar surface area (TPSA) is 109 Å². The Morgan fingerprint density at radius 3 is 2.60 bits per heavy atom. The molecule has 0 spiro atoms. The third-order valence-corrected chi connectivity index (χ3v) is 8.35. The smallest absolute Gasteiger partial charge is 0.309 e. The summed E-state index contributed by atoms with van der Waals surface area (Å²) >= 11 is 1.49. The molecule has 3 rings (SSSR count). The first-order valence-electron chi connectivity index (χ1n) is 12.5. The number of thiazole rings is 1. The fraction of sp³-hybridized carbons (Fsp3) is 0.667. The van der Waals surface area contributed by atoms with E-state index in [1.54, 1.807) is 26.8 Å². The van der Waals surface area contributed by atoms with Crippen LogP contribution in [0.4, 0.5) is 0 Å². The predicted octanol–water partition coefficient (Wildman–Crippen LogP) is 4.42. The molecular weight excluding hydrogens is 466 g/mol. The van der Waals surface area contributed by atoms with Gasteiger partial charge < -0.3 is 19.7 Å². The standard InChI is InChI=1S/C27H39NO6S/c1-7-23-28-18(14-35-23)11-16(3)20-12-21-19(33-21)10-8-9-15(2)25(31)17(4)26(32)27(5,6)22(29)13-24(30)34-20/h7,11,14-15,17,19-22,25,29,31H,1,8-10,12-13H2,2-6H3/b16-11+/t15-,17+,19+,20-,21-,22-,25-/m0/s1. The number of Topliss-reactive ketones (excluding diaryl/α,β-unsaturated/α-hetero) is 1. The molecule has 1 aromatic heterocycles. The number of rotatable bonds is 3. The number of epoxide rings is 1. The lowest BCUT2D eigenvalue weighted by atomic mass is 9.73. The number of aliphatic hydroxyl groups is 2. The number of fused-ring (bicyclic) bond motifs is 1. The monoisotopic (exact) mass is 505 g/mol. The van der Waals surface area contributed by atoms with Gasteiger partial charge in [-0.15, -0.1) is 11.3 Å². The molecule has 8 heteroatoms. The van der Waals surface area contributed by atoms with Crippen LogP contribution in [0, 0.1) is 17.3 Å². The largest absolute Gasteiger partial charge is 0.458 e. The number of ether oxygens (including phenoxy) is 2. The Morgan fingerprint density at radius 1 is 1.23 bits per heavy atom. The van der Waals surface area contributed by atoms with Crippen molar-refractivity contribution in [3.63, 3.8) is 0 Å². The highest BCUT2D eigenvalue weighted by Crippen LogP contribution is 2.36. The first kappa shape index (κ1) is 27.7. The molecule has 2 N–H and O–H groups in total. The van der Waals surface area contributed by atoms with E-state index >= 15 is 0 Å². The molecule has 7 atom stereocenters. The van der Waals surface area contributed by atoms with Crippen LogP contribution in [0.5, 0.6) is 0 Å². The lowest BCUT2D eigenvalue weighted by Crippen LogP contribution is -2.45. The summed E-state index contributed by atoms with van der Waals surface area (Å²) in [6, 6.07) is 0. The number of carbonyl (C=O) groups is 2. The van der Waals surface area contributed by atoms with Crippen molar-refractivity contribution in [1.82, 2.24) is 4.98 Å². The average Bonchev–Trinajstić information content (AvgIpc) is 3.38. The van der Waals surface area contributed by atoms with Crippen LogP contribution in [-0.2, 0) is 19.1 Å². The van der Waals surface area contributed by atoms with E-state index in [-0.39, 0.29) is 30.3 Å². The van der Waals surface area contributed by atoms with Gasteiger partial charge in [-0.25, -0.2) is 4.98 Å². The van der Waals surface area contributed by atoms with Crippen molar-refractivity contribution in [2.24, 2.45) is 17.3 Å². The first-order valence-corrected chi connectivity index (χ1v) is 13.3. The summed E-state index contributed by atoms with van der Waals surface area (Å²) in [5, 5.41) is 24.3. The molecule has 0 aliphatic carbocycles. The van der Waals surface area contributed by atoms with Crippen molar-refractivity contribution in [2.45, 2.75) is 97.2 Å². The zero-order chi connectivity index (χ0) is 25.9. The molecule has 0 saturated carbocycles. The molecule has 0 aromatic carbocycles. The van der Waals surface area contributed by atoms with E-state index in [1.807, 2.05) is 25.3 Å². The van der Waals surface area contributed by atoms with Crippen LogP contribution >= 0.6 is 11.3 Å². The van der Waals surface area contributed by atoms with Gasteiger partial charge >= 0.3 is 5.97 Å². The third-order valence-electron chi connectivity index (χ3n) is 7.49. The van der Waals surface area contributed by atoms with Crippen molar-refractivity contribution < 1.29 is 29.3 Å². The first-order chi connectivity index (χ1) is 16.4. The van der Waals surface area contributed by atoms with Gasteiger partial charge in [0.05, 0.1) is 41.9 Å². The molecule has 0 radical (unpaired) electrons. The number of cyclic esters (lactones) is 1. The number of hydrogen-bond acceptors (Lipinski definition) is 8. The number of esters is 1. The van der Waals surface area contributed by atoms with E-state index in [0.717, 1.165) is 35.5 Å². The molecule has 2 aliphatic heterocycles. The summed E-state index contributed by atoms with van der Waals surface area (Å²) in [4.78, 5) is 30.5.